The molecular formula is C35H45NO6S. The number of benzene rings is 2. The maximum Gasteiger partial charge on any atom is 0.231 e. The summed E-state index contributed by atoms with van der Waals surface area (Å²) in [5.41, 5.74) is 2.99. The number of nitrogens with zero attached hydrogens (tertiary/aromatic N) is 1. The lowest BCUT2D eigenvalue weighted by Crippen LogP contribution is -2.64. The molecule has 0 spiro atoms. The number of aliphatic hydroxyl groups is 2. The smallest absolute Gasteiger partial charge is 0.231 e. The molecule has 7 nitrogen and oxygen atoms in total. The van der Waals surface area contributed by atoms with Crippen LogP contribution in [0.5, 0.6) is 11.5 Å². The summed E-state index contributed by atoms with van der Waals surface area (Å²) >= 11 is 1.74. The molecule has 5 rings (SSSR count). The summed E-state index contributed by atoms with van der Waals surface area (Å²) in [6.45, 7) is 7.03. The molecule has 1 aliphatic heterocycles. The molecule has 6 atom stereocenters. The van der Waals surface area contributed by atoms with Crippen LogP contribution in [0.4, 0.5) is 0 Å². The van der Waals surface area contributed by atoms with Gasteiger partial charge in [0.05, 0.1) is 23.5 Å². The van der Waals surface area contributed by atoms with E-state index >= 15 is 0 Å². The number of unbranched alkanes of at least 4 members (excludes halogenated alkanes) is 2. The van der Waals surface area contributed by atoms with E-state index in [1.807, 2.05) is 37.3 Å². The minimum atomic E-state index is -1.02. The first-order chi connectivity index (χ1) is 21.1. The van der Waals surface area contributed by atoms with Gasteiger partial charge in [0.1, 0.15) is 18.1 Å². The number of rotatable bonds is 15. The first-order valence-electron chi connectivity index (χ1n) is 15.7. The Balaban J connectivity index is 1.72. The maximum atomic E-state index is 10.7. The molecule has 0 saturated heterocycles. The number of aliphatic hydroxyl groups excluding tert-OH is 2. The molecule has 0 unspecified atom stereocenters. The molecule has 1 fully saturated rings. The maximum absolute atomic E-state index is 10.7. The normalized spacial score (nSPS) is 28.4. The number of aromatic hydroxyl groups is 1. The molecule has 0 bridgehead atoms. The van der Waals surface area contributed by atoms with E-state index in [0.29, 0.717) is 19.6 Å². The van der Waals surface area contributed by atoms with Crippen molar-refractivity contribution in [1.29, 1.82) is 0 Å². The van der Waals surface area contributed by atoms with Crippen molar-refractivity contribution in [2.75, 3.05) is 26.4 Å². The lowest BCUT2D eigenvalue weighted by Gasteiger charge is -2.58. The topological polar surface area (TPSA) is 101 Å². The highest BCUT2D eigenvalue weighted by Gasteiger charge is 2.64. The Kier molecular flexibility index (Phi) is 10.9. The van der Waals surface area contributed by atoms with E-state index in [0.717, 1.165) is 66.0 Å². The van der Waals surface area contributed by atoms with Crippen molar-refractivity contribution >= 4 is 17.5 Å². The van der Waals surface area contributed by atoms with Crippen LogP contribution in [0.15, 0.2) is 82.9 Å². The van der Waals surface area contributed by atoms with Gasteiger partial charge in [0.15, 0.2) is 0 Å². The summed E-state index contributed by atoms with van der Waals surface area (Å²) in [5, 5.41) is 34.5. The number of hydrogen-bond donors (Lipinski definition) is 3. The van der Waals surface area contributed by atoms with Gasteiger partial charge in [-0.05, 0) is 80.3 Å². The molecule has 232 valence electrons. The van der Waals surface area contributed by atoms with Crippen molar-refractivity contribution in [2.24, 2.45) is 22.9 Å². The van der Waals surface area contributed by atoms with E-state index in [2.05, 4.69) is 24.8 Å². The Labute approximate surface area is 259 Å². The van der Waals surface area contributed by atoms with Crippen LogP contribution in [0, 0.1) is 17.8 Å². The molecular weight excluding hydrogens is 562 g/mol. The summed E-state index contributed by atoms with van der Waals surface area (Å²) in [7, 11) is 0. The number of ether oxygens (including phenoxy) is 2. The summed E-state index contributed by atoms with van der Waals surface area (Å²) in [6, 6.07) is 15.7. The summed E-state index contributed by atoms with van der Waals surface area (Å²) < 4.78 is 13.9. The van der Waals surface area contributed by atoms with Crippen molar-refractivity contribution in [3.8, 4) is 11.5 Å². The summed E-state index contributed by atoms with van der Waals surface area (Å²) in [5.74, 6) is 0.119. The number of thioether (sulfide) groups is 1. The van der Waals surface area contributed by atoms with Crippen LogP contribution in [-0.4, -0.2) is 58.5 Å². The van der Waals surface area contributed by atoms with Crippen molar-refractivity contribution < 1.29 is 29.6 Å². The number of allylic oxidation sites excluding steroid dienone is 1. The standard InChI is InChI=1S/C35H45NO6S/c1-3-20-40-35-32(43-26-13-6-5-7-14-26)23-30(36-41-4-2)28-21-24(12-8-10-18-37)27(15-9-11-19-38)33(34(28)35)29-22-25(39)16-17-31(29)42-35/h3,5-7,13-14,16-17,21-22,24,27,32-34,37-39H,1,4,8-12,15,18-20,23H2,2H3/t24-,27+,32-,33+,34+,35+/m0/s1. The van der Waals surface area contributed by atoms with Gasteiger partial charge in [-0.25, -0.2) is 0 Å². The lowest BCUT2D eigenvalue weighted by atomic mass is 9.56. The third-order valence-electron chi connectivity index (χ3n) is 8.96. The minimum Gasteiger partial charge on any atom is -0.508 e. The van der Waals surface area contributed by atoms with E-state index in [9.17, 15) is 15.3 Å². The van der Waals surface area contributed by atoms with Crippen LogP contribution in [0.25, 0.3) is 0 Å². The van der Waals surface area contributed by atoms with Gasteiger partial charge in [-0.3, -0.25) is 0 Å². The average Bonchev–Trinajstić information content (AvgIpc) is 3.02. The van der Waals surface area contributed by atoms with E-state index in [-0.39, 0.29) is 47.9 Å². The van der Waals surface area contributed by atoms with Crippen molar-refractivity contribution in [3.05, 3.63) is 78.4 Å². The predicted octanol–water partition coefficient (Wildman–Crippen LogP) is 6.84. The fourth-order valence-corrected chi connectivity index (χ4v) is 8.55. The Hall–Kier alpha value is -2.78. The third-order valence-corrected chi connectivity index (χ3v) is 10.3. The molecule has 0 amide bonds. The zero-order valence-corrected chi connectivity index (χ0v) is 25.9. The van der Waals surface area contributed by atoms with Crippen molar-refractivity contribution in [1.82, 2.24) is 0 Å². The number of oxime groups is 1. The molecule has 3 N–H and O–H groups in total. The van der Waals surface area contributed by atoms with Gasteiger partial charge in [-0.15, -0.1) is 18.3 Å². The van der Waals surface area contributed by atoms with Gasteiger partial charge in [0.2, 0.25) is 5.79 Å². The molecule has 43 heavy (non-hydrogen) atoms. The fraction of sp³-hybridized carbons (Fsp3) is 0.514. The van der Waals surface area contributed by atoms with Gasteiger partial charge in [0, 0.05) is 36.0 Å². The molecule has 1 saturated carbocycles. The number of fused-ring (bicyclic) bond motifs is 2. The average molecular weight is 608 g/mol. The Morgan fingerprint density at radius 2 is 1.84 bits per heavy atom. The Bertz CT molecular complexity index is 1280. The van der Waals surface area contributed by atoms with Gasteiger partial charge in [0.25, 0.3) is 0 Å². The lowest BCUT2D eigenvalue weighted by molar-refractivity contribution is -0.223. The van der Waals surface area contributed by atoms with Gasteiger partial charge in [-0.1, -0.05) is 48.3 Å². The molecule has 2 aromatic carbocycles. The molecule has 0 aromatic heterocycles. The van der Waals surface area contributed by atoms with Crippen LogP contribution in [0.2, 0.25) is 0 Å². The van der Waals surface area contributed by atoms with Gasteiger partial charge >= 0.3 is 0 Å². The van der Waals surface area contributed by atoms with E-state index in [1.54, 1.807) is 23.9 Å². The third kappa shape index (κ3) is 6.68. The molecule has 2 aliphatic carbocycles. The highest BCUT2D eigenvalue weighted by Crippen LogP contribution is 2.63. The minimum absolute atomic E-state index is 0.0236. The van der Waals surface area contributed by atoms with Gasteiger partial charge < -0.3 is 29.6 Å². The summed E-state index contributed by atoms with van der Waals surface area (Å²) in [4.78, 5) is 6.84. The number of hydrogen-bond acceptors (Lipinski definition) is 8. The largest absolute Gasteiger partial charge is 0.508 e. The van der Waals surface area contributed by atoms with Gasteiger partial charge in [-0.2, -0.15) is 0 Å². The van der Waals surface area contributed by atoms with Crippen LogP contribution in [0.1, 0.15) is 63.4 Å². The van der Waals surface area contributed by atoms with Crippen LogP contribution < -0.4 is 4.74 Å². The quantitative estimate of drug-likeness (QED) is 0.116. The first-order valence-corrected chi connectivity index (χ1v) is 16.5. The van der Waals surface area contributed by atoms with E-state index < -0.39 is 5.79 Å². The fourth-order valence-electron chi connectivity index (χ4n) is 7.24. The molecule has 2 aromatic rings. The highest BCUT2D eigenvalue weighted by molar-refractivity contribution is 8.00. The molecule has 0 radical (unpaired) electrons. The monoisotopic (exact) mass is 607 g/mol. The van der Waals surface area contributed by atoms with Crippen molar-refractivity contribution in [2.45, 2.75) is 73.7 Å². The Morgan fingerprint density at radius 1 is 1.07 bits per heavy atom. The second-order valence-electron chi connectivity index (χ2n) is 11.6. The van der Waals surface area contributed by atoms with E-state index in [4.69, 9.17) is 19.5 Å². The number of phenolic OH excluding ortho intramolecular Hbond substituents is 1. The zero-order chi connectivity index (χ0) is 30.2. The van der Waals surface area contributed by atoms with Crippen LogP contribution in [0.3, 0.4) is 0 Å². The molecule has 1 heterocycles. The SMILES string of the molecule is C=CCO[C@@]12Oc3ccc(O)cc3[C@H]3[C@H](CCCCO)[C@@H](CCCCO)C=C(C(=NOCC)C[C@@H]1Sc1ccccc1)[C@H]32. The summed E-state index contributed by atoms with van der Waals surface area (Å²) in [6.07, 6.45) is 9.87. The second-order valence-corrected chi connectivity index (χ2v) is 12.9. The Morgan fingerprint density at radius 3 is 2.56 bits per heavy atom. The highest BCUT2D eigenvalue weighted by atomic mass is 32.2. The zero-order valence-electron chi connectivity index (χ0n) is 25.1. The first kappa shape index (κ1) is 31.6. The van der Waals surface area contributed by atoms with E-state index in [1.165, 1.54) is 0 Å². The molecule has 3 aliphatic rings. The predicted molar refractivity (Wildman–Crippen MR) is 171 cm³/mol. The van der Waals surface area contributed by atoms with Crippen LogP contribution in [-0.2, 0) is 9.57 Å². The molecule has 8 heteroatoms. The number of phenols is 1. The second kappa shape index (κ2) is 14.8. The van der Waals surface area contributed by atoms with Crippen LogP contribution >= 0.6 is 11.8 Å². The van der Waals surface area contributed by atoms with Crippen molar-refractivity contribution in [3.63, 3.8) is 0 Å².